The highest BCUT2D eigenvalue weighted by Gasteiger charge is 2.30. The second kappa shape index (κ2) is 6.99. The van der Waals surface area contributed by atoms with Crippen molar-refractivity contribution in [3.63, 3.8) is 0 Å². The van der Waals surface area contributed by atoms with Gasteiger partial charge in [-0.3, -0.25) is 4.79 Å². The van der Waals surface area contributed by atoms with Crippen LogP contribution in [0.3, 0.4) is 0 Å². The lowest BCUT2D eigenvalue weighted by atomic mass is 10.2. The smallest absolute Gasteiger partial charge is 0.416 e. The Bertz CT molecular complexity index is 657. The normalized spacial score (nSPS) is 11.1. The van der Waals surface area contributed by atoms with Crippen LogP contribution < -0.4 is 10.1 Å². The molecule has 7 heteroatoms. The SMILES string of the molecule is O=C(COc1ccc(I)cc1)Nc1cccc(C(F)(F)F)c1. The minimum Gasteiger partial charge on any atom is -0.484 e. The average Bonchev–Trinajstić information content (AvgIpc) is 2.46. The lowest BCUT2D eigenvalue weighted by molar-refractivity contribution is -0.137. The van der Waals surface area contributed by atoms with Gasteiger partial charge in [0, 0.05) is 9.26 Å². The van der Waals surface area contributed by atoms with Gasteiger partial charge in [-0.25, -0.2) is 0 Å². The summed E-state index contributed by atoms with van der Waals surface area (Å²) in [5.74, 6) is -0.0162. The van der Waals surface area contributed by atoms with Crippen molar-refractivity contribution in [1.82, 2.24) is 0 Å². The molecule has 1 amide bonds. The van der Waals surface area contributed by atoms with Crippen LogP contribution in [-0.2, 0) is 11.0 Å². The molecule has 22 heavy (non-hydrogen) atoms. The van der Waals surface area contributed by atoms with Crippen LogP contribution in [-0.4, -0.2) is 12.5 Å². The minimum atomic E-state index is -4.45. The number of carbonyl (C=O) groups excluding carboxylic acids is 1. The number of halogens is 4. The van der Waals surface area contributed by atoms with Gasteiger partial charge >= 0.3 is 6.18 Å². The van der Waals surface area contributed by atoms with Gasteiger partial charge in [0.05, 0.1) is 5.56 Å². The molecule has 0 unspecified atom stereocenters. The average molecular weight is 421 g/mol. The van der Waals surface area contributed by atoms with Crippen LogP contribution in [0, 0.1) is 3.57 Å². The topological polar surface area (TPSA) is 38.3 Å². The van der Waals surface area contributed by atoms with Crippen molar-refractivity contribution >= 4 is 34.2 Å². The van der Waals surface area contributed by atoms with Crippen LogP contribution in [0.25, 0.3) is 0 Å². The quantitative estimate of drug-likeness (QED) is 0.747. The van der Waals surface area contributed by atoms with Crippen LogP contribution in [0.5, 0.6) is 5.75 Å². The number of ether oxygens (including phenoxy) is 1. The lowest BCUT2D eigenvalue weighted by Crippen LogP contribution is -2.20. The fourth-order valence-electron chi connectivity index (χ4n) is 1.65. The van der Waals surface area contributed by atoms with E-state index in [2.05, 4.69) is 27.9 Å². The van der Waals surface area contributed by atoms with Gasteiger partial charge in [0.25, 0.3) is 5.91 Å². The summed E-state index contributed by atoms with van der Waals surface area (Å²) in [4.78, 5) is 11.7. The molecular weight excluding hydrogens is 410 g/mol. The largest absolute Gasteiger partial charge is 0.484 e. The standard InChI is InChI=1S/C15H11F3INO2/c16-15(17,18)10-2-1-3-12(8-10)20-14(21)9-22-13-6-4-11(19)5-7-13/h1-8H,9H2,(H,20,21). The number of rotatable bonds is 4. The Balaban J connectivity index is 1.93. The van der Waals surface area contributed by atoms with Crippen molar-refractivity contribution in [2.45, 2.75) is 6.18 Å². The molecule has 0 aliphatic carbocycles. The molecule has 0 aromatic heterocycles. The van der Waals surface area contributed by atoms with E-state index in [0.717, 1.165) is 15.7 Å². The number of anilines is 1. The Kier molecular flexibility index (Phi) is 5.28. The maximum atomic E-state index is 12.6. The molecular formula is C15H11F3INO2. The minimum absolute atomic E-state index is 0.0750. The third kappa shape index (κ3) is 4.90. The molecule has 2 aromatic rings. The van der Waals surface area contributed by atoms with Crippen molar-refractivity contribution in [3.05, 3.63) is 57.7 Å². The molecule has 0 aliphatic rings. The highest BCUT2D eigenvalue weighted by molar-refractivity contribution is 14.1. The van der Waals surface area contributed by atoms with E-state index in [1.54, 1.807) is 12.1 Å². The molecule has 0 fully saturated rings. The summed E-state index contributed by atoms with van der Waals surface area (Å²) < 4.78 is 44.0. The second-order valence-electron chi connectivity index (χ2n) is 4.37. The molecule has 0 spiro atoms. The summed E-state index contributed by atoms with van der Waals surface area (Å²) in [5, 5.41) is 2.37. The number of carbonyl (C=O) groups is 1. The summed E-state index contributed by atoms with van der Waals surface area (Å²) in [6.07, 6.45) is -4.45. The number of nitrogens with one attached hydrogen (secondary N) is 1. The Morgan fingerprint density at radius 3 is 2.45 bits per heavy atom. The summed E-state index contributed by atoms with van der Waals surface area (Å²) in [6, 6.07) is 11.5. The van der Waals surface area contributed by atoms with E-state index >= 15 is 0 Å². The van der Waals surface area contributed by atoms with E-state index in [1.165, 1.54) is 12.1 Å². The fraction of sp³-hybridized carbons (Fsp3) is 0.133. The van der Waals surface area contributed by atoms with Crippen LogP contribution in [0.4, 0.5) is 18.9 Å². The van der Waals surface area contributed by atoms with E-state index in [0.29, 0.717) is 5.75 Å². The molecule has 2 aromatic carbocycles. The Morgan fingerprint density at radius 1 is 1.14 bits per heavy atom. The first-order valence-electron chi connectivity index (χ1n) is 6.20. The fourth-order valence-corrected chi connectivity index (χ4v) is 2.01. The summed E-state index contributed by atoms with van der Waals surface area (Å²) in [7, 11) is 0. The van der Waals surface area contributed by atoms with Crippen LogP contribution in [0.1, 0.15) is 5.56 Å². The molecule has 1 N–H and O–H groups in total. The highest BCUT2D eigenvalue weighted by Crippen LogP contribution is 2.30. The highest BCUT2D eigenvalue weighted by atomic mass is 127. The van der Waals surface area contributed by atoms with Crippen LogP contribution >= 0.6 is 22.6 Å². The molecule has 0 saturated heterocycles. The van der Waals surface area contributed by atoms with Crippen molar-refractivity contribution in [3.8, 4) is 5.75 Å². The molecule has 116 valence electrons. The molecule has 3 nitrogen and oxygen atoms in total. The third-order valence-corrected chi connectivity index (χ3v) is 3.38. The number of alkyl halides is 3. The molecule has 0 bridgehead atoms. The Hall–Kier alpha value is -1.77. The van der Waals surface area contributed by atoms with Crippen LogP contribution in [0.15, 0.2) is 48.5 Å². The number of hydrogen-bond donors (Lipinski definition) is 1. The number of amides is 1. The van der Waals surface area contributed by atoms with Gasteiger partial charge in [0.15, 0.2) is 6.61 Å². The maximum absolute atomic E-state index is 12.6. The lowest BCUT2D eigenvalue weighted by Gasteiger charge is -2.10. The number of benzene rings is 2. The predicted molar refractivity (Wildman–Crippen MR) is 84.7 cm³/mol. The van der Waals surface area contributed by atoms with Gasteiger partial charge in [-0.05, 0) is 65.1 Å². The third-order valence-electron chi connectivity index (χ3n) is 2.66. The van der Waals surface area contributed by atoms with Gasteiger partial charge in [0.2, 0.25) is 0 Å². The van der Waals surface area contributed by atoms with E-state index in [1.807, 2.05) is 12.1 Å². The van der Waals surface area contributed by atoms with Gasteiger partial charge in [-0.2, -0.15) is 13.2 Å². The summed E-state index contributed by atoms with van der Waals surface area (Å²) >= 11 is 2.14. The zero-order valence-corrected chi connectivity index (χ0v) is 13.3. The first-order valence-corrected chi connectivity index (χ1v) is 7.28. The van der Waals surface area contributed by atoms with Crippen LogP contribution in [0.2, 0.25) is 0 Å². The first-order chi connectivity index (χ1) is 10.3. The Morgan fingerprint density at radius 2 is 1.82 bits per heavy atom. The molecule has 0 radical (unpaired) electrons. The molecule has 0 aliphatic heterocycles. The molecule has 0 heterocycles. The van der Waals surface area contributed by atoms with Gasteiger partial charge in [-0.1, -0.05) is 6.07 Å². The van der Waals surface area contributed by atoms with Crippen molar-refractivity contribution in [1.29, 1.82) is 0 Å². The first kappa shape index (κ1) is 16.6. The predicted octanol–water partition coefficient (Wildman–Crippen LogP) is 4.33. The van der Waals surface area contributed by atoms with Gasteiger partial charge < -0.3 is 10.1 Å². The molecule has 2 rings (SSSR count). The monoisotopic (exact) mass is 421 g/mol. The molecule has 0 atom stereocenters. The summed E-state index contributed by atoms with van der Waals surface area (Å²) in [5.41, 5.74) is -0.741. The molecule has 0 saturated carbocycles. The van der Waals surface area contributed by atoms with E-state index in [-0.39, 0.29) is 12.3 Å². The van der Waals surface area contributed by atoms with Gasteiger partial charge in [-0.15, -0.1) is 0 Å². The zero-order valence-electron chi connectivity index (χ0n) is 11.2. The second-order valence-corrected chi connectivity index (χ2v) is 5.61. The van der Waals surface area contributed by atoms with Crippen molar-refractivity contribution in [2.75, 3.05) is 11.9 Å². The Labute approximate surface area is 138 Å². The van der Waals surface area contributed by atoms with E-state index in [4.69, 9.17) is 4.74 Å². The van der Waals surface area contributed by atoms with Crippen molar-refractivity contribution < 1.29 is 22.7 Å². The van der Waals surface area contributed by atoms with E-state index in [9.17, 15) is 18.0 Å². The summed E-state index contributed by atoms with van der Waals surface area (Å²) in [6.45, 7) is -0.281. The maximum Gasteiger partial charge on any atom is 0.416 e. The zero-order chi connectivity index (χ0) is 16.2. The number of hydrogen-bond acceptors (Lipinski definition) is 2. The van der Waals surface area contributed by atoms with E-state index < -0.39 is 17.6 Å². The van der Waals surface area contributed by atoms with Crippen molar-refractivity contribution in [2.24, 2.45) is 0 Å². The van der Waals surface area contributed by atoms with Gasteiger partial charge in [0.1, 0.15) is 5.75 Å².